The summed E-state index contributed by atoms with van der Waals surface area (Å²) in [4.78, 5) is 16.4. The van der Waals surface area contributed by atoms with Gasteiger partial charge in [-0.15, -0.1) is 0 Å². The predicted octanol–water partition coefficient (Wildman–Crippen LogP) is 1.01. The lowest BCUT2D eigenvalue weighted by molar-refractivity contribution is -0.135. The highest BCUT2D eigenvalue weighted by atomic mass is 32.2. The summed E-state index contributed by atoms with van der Waals surface area (Å²) in [6, 6.07) is 5.94. The quantitative estimate of drug-likeness (QED) is 0.796. The molecule has 0 aliphatic carbocycles. The summed E-state index contributed by atoms with van der Waals surface area (Å²) in [5.74, 6) is 1.25. The van der Waals surface area contributed by atoms with Crippen LogP contribution >= 0.6 is 0 Å². The molecule has 0 unspecified atom stereocenters. The Hall–Kier alpha value is -1.60. The SMILES string of the molecule is Cc1ccc(OCC(=O)N2CCN([C@H]3CCS(=O)(=O)C3)CC2)cc1C. The average Bonchev–Trinajstić information content (AvgIpc) is 2.96. The Bertz CT molecular complexity index is 739. The van der Waals surface area contributed by atoms with Crippen LogP contribution in [0.1, 0.15) is 17.5 Å². The first-order chi connectivity index (χ1) is 11.8. The normalized spacial score (nSPS) is 23.6. The van der Waals surface area contributed by atoms with Crippen molar-refractivity contribution in [1.29, 1.82) is 0 Å². The molecule has 2 heterocycles. The molecule has 0 aromatic heterocycles. The van der Waals surface area contributed by atoms with Crippen molar-refractivity contribution in [3.63, 3.8) is 0 Å². The van der Waals surface area contributed by atoms with Crippen LogP contribution in [0.2, 0.25) is 0 Å². The molecule has 3 rings (SSSR count). The van der Waals surface area contributed by atoms with Gasteiger partial charge in [-0.1, -0.05) is 6.07 Å². The van der Waals surface area contributed by atoms with Crippen LogP contribution in [-0.2, 0) is 14.6 Å². The molecule has 1 atom stereocenters. The lowest BCUT2D eigenvalue weighted by atomic mass is 10.1. The third-order valence-electron chi connectivity index (χ3n) is 5.23. The lowest BCUT2D eigenvalue weighted by Crippen LogP contribution is -2.53. The molecule has 25 heavy (non-hydrogen) atoms. The average molecular weight is 366 g/mol. The summed E-state index contributed by atoms with van der Waals surface area (Å²) in [6.45, 7) is 6.83. The fraction of sp³-hybridized carbons (Fsp3) is 0.611. The molecule has 0 spiro atoms. The van der Waals surface area contributed by atoms with Gasteiger partial charge in [0, 0.05) is 32.2 Å². The van der Waals surface area contributed by atoms with Crippen molar-refractivity contribution in [2.24, 2.45) is 0 Å². The minimum atomic E-state index is -2.86. The zero-order valence-electron chi connectivity index (χ0n) is 14.9. The Morgan fingerprint density at radius 3 is 2.48 bits per heavy atom. The van der Waals surface area contributed by atoms with E-state index in [-0.39, 0.29) is 24.3 Å². The van der Waals surface area contributed by atoms with E-state index in [4.69, 9.17) is 4.74 Å². The summed E-state index contributed by atoms with van der Waals surface area (Å²) < 4.78 is 28.9. The van der Waals surface area contributed by atoms with Crippen LogP contribution in [0, 0.1) is 13.8 Å². The Labute approximate surface area is 149 Å². The molecule has 138 valence electrons. The molecule has 0 N–H and O–H groups in total. The van der Waals surface area contributed by atoms with E-state index in [2.05, 4.69) is 4.90 Å². The summed E-state index contributed by atoms with van der Waals surface area (Å²) in [5.41, 5.74) is 2.34. The first kappa shape index (κ1) is 18.2. The molecule has 0 saturated carbocycles. The second-order valence-electron chi connectivity index (χ2n) is 7.01. The van der Waals surface area contributed by atoms with Crippen molar-refractivity contribution in [2.75, 3.05) is 44.3 Å². The van der Waals surface area contributed by atoms with E-state index in [0.29, 0.717) is 31.0 Å². The van der Waals surface area contributed by atoms with Crippen molar-refractivity contribution < 1.29 is 17.9 Å². The predicted molar refractivity (Wildman–Crippen MR) is 96.6 cm³/mol. The van der Waals surface area contributed by atoms with Crippen molar-refractivity contribution in [3.8, 4) is 5.75 Å². The second-order valence-corrected chi connectivity index (χ2v) is 9.24. The summed E-state index contributed by atoms with van der Waals surface area (Å²) >= 11 is 0. The van der Waals surface area contributed by atoms with Gasteiger partial charge in [0.25, 0.3) is 5.91 Å². The number of hydrogen-bond acceptors (Lipinski definition) is 5. The number of rotatable bonds is 4. The number of piperazine rings is 1. The lowest BCUT2D eigenvalue weighted by Gasteiger charge is -2.37. The standard InChI is InChI=1S/C18H26N2O4S/c1-14-3-4-17(11-15(14)2)24-12-18(21)20-8-6-19(7-9-20)16-5-10-25(22,23)13-16/h3-4,11,16H,5-10,12-13H2,1-2H3/t16-/m0/s1. The number of aryl methyl sites for hydroxylation is 2. The first-order valence-corrected chi connectivity index (χ1v) is 10.6. The van der Waals surface area contributed by atoms with E-state index < -0.39 is 9.84 Å². The number of carbonyl (C=O) groups is 1. The number of benzene rings is 1. The smallest absolute Gasteiger partial charge is 0.260 e. The van der Waals surface area contributed by atoms with Crippen molar-refractivity contribution >= 4 is 15.7 Å². The number of sulfone groups is 1. The Morgan fingerprint density at radius 2 is 1.88 bits per heavy atom. The number of nitrogens with zero attached hydrogens (tertiary/aromatic N) is 2. The molecule has 2 aliphatic rings. The highest BCUT2D eigenvalue weighted by Crippen LogP contribution is 2.20. The van der Waals surface area contributed by atoms with Gasteiger partial charge in [0.2, 0.25) is 0 Å². The fourth-order valence-electron chi connectivity index (χ4n) is 3.44. The molecule has 2 aliphatic heterocycles. The largest absolute Gasteiger partial charge is 0.484 e. The van der Waals surface area contributed by atoms with E-state index in [1.54, 1.807) is 4.90 Å². The third kappa shape index (κ3) is 4.52. The van der Waals surface area contributed by atoms with Crippen LogP contribution < -0.4 is 4.74 Å². The summed E-state index contributed by atoms with van der Waals surface area (Å²) in [7, 11) is -2.86. The second kappa shape index (κ2) is 7.33. The molecule has 1 amide bonds. The maximum atomic E-state index is 12.3. The van der Waals surface area contributed by atoms with Gasteiger partial charge in [0.1, 0.15) is 5.75 Å². The van der Waals surface area contributed by atoms with Crippen molar-refractivity contribution in [3.05, 3.63) is 29.3 Å². The third-order valence-corrected chi connectivity index (χ3v) is 6.98. The van der Waals surface area contributed by atoms with Crippen LogP contribution in [-0.4, -0.2) is 74.5 Å². The minimum Gasteiger partial charge on any atom is -0.484 e. The minimum absolute atomic E-state index is 0.0167. The number of carbonyl (C=O) groups excluding carboxylic acids is 1. The highest BCUT2D eigenvalue weighted by Gasteiger charge is 2.34. The maximum Gasteiger partial charge on any atom is 0.260 e. The Kier molecular flexibility index (Phi) is 5.34. The summed E-state index contributed by atoms with van der Waals surface area (Å²) in [6.07, 6.45) is 0.714. The monoisotopic (exact) mass is 366 g/mol. The van der Waals surface area contributed by atoms with Gasteiger partial charge in [0.15, 0.2) is 16.4 Å². The van der Waals surface area contributed by atoms with Crippen LogP contribution in [0.5, 0.6) is 5.75 Å². The van der Waals surface area contributed by atoms with Gasteiger partial charge in [0.05, 0.1) is 11.5 Å². The fourth-order valence-corrected chi connectivity index (χ4v) is 5.20. The molecule has 0 bridgehead atoms. The molecular formula is C18H26N2O4S. The van der Waals surface area contributed by atoms with E-state index in [0.717, 1.165) is 18.7 Å². The van der Waals surface area contributed by atoms with Gasteiger partial charge >= 0.3 is 0 Å². The zero-order chi connectivity index (χ0) is 18.0. The summed E-state index contributed by atoms with van der Waals surface area (Å²) in [5, 5.41) is 0. The molecule has 0 radical (unpaired) electrons. The highest BCUT2D eigenvalue weighted by molar-refractivity contribution is 7.91. The van der Waals surface area contributed by atoms with Gasteiger partial charge < -0.3 is 9.64 Å². The van der Waals surface area contributed by atoms with Crippen LogP contribution in [0.15, 0.2) is 18.2 Å². The topological polar surface area (TPSA) is 66.9 Å². The molecule has 1 aromatic carbocycles. The van der Waals surface area contributed by atoms with Crippen LogP contribution in [0.25, 0.3) is 0 Å². The molecule has 2 saturated heterocycles. The van der Waals surface area contributed by atoms with Gasteiger partial charge in [-0.25, -0.2) is 8.42 Å². The van der Waals surface area contributed by atoms with Crippen LogP contribution in [0.3, 0.4) is 0 Å². The Balaban J connectivity index is 1.46. The Morgan fingerprint density at radius 1 is 1.16 bits per heavy atom. The molecular weight excluding hydrogens is 340 g/mol. The molecule has 1 aromatic rings. The first-order valence-electron chi connectivity index (χ1n) is 8.76. The van der Waals surface area contributed by atoms with Crippen LogP contribution in [0.4, 0.5) is 0 Å². The van der Waals surface area contributed by atoms with Gasteiger partial charge in [-0.05, 0) is 43.5 Å². The van der Waals surface area contributed by atoms with Crippen molar-refractivity contribution in [2.45, 2.75) is 26.3 Å². The maximum absolute atomic E-state index is 12.3. The molecule has 6 nitrogen and oxygen atoms in total. The van der Waals surface area contributed by atoms with E-state index in [1.165, 1.54) is 5.56 Å². The molecule has 2 fully saturated rings. The number of amides is 1. The number of hydrogen-bond donors (Lipinski definition) is 0. The van der Waals surface area contributed by atoms with Crippen molar-refractivity contribution in [1.82, 2.24) is 9.80 Å². The van der Waals surface area contributed by atoms with E-state index in [9.17, 15) is 13.2 Å². The van der Waals surface area contributed by atoms with Gasteiger partial charge in [-0.3, -0.25) is 9.69 Å². The van der Waals surface area contributed by atoms with E-state index >= 15 is 0 Å². The van der Waals surface area contributed by atoms with E-state index in [1.807, 2.05) is 32.0 Å². The van der Waals surface area contributed by atoms with Gasteiger partial charge in [-0.2, -0.15) is 0 Å². The zero-order valence-corrected chi connectivity index (χ0v) is 15.7. The number of ether oxygens (including phenoxy) is 1. The molecule has 7 heteroatoms.